The number of anilines is 1. The molecule has 138 valence electrons. The van der Waals surface area contributed by atoms with E-state index >= 15 is 0 Å². The molecule has 0 bridgehead atoms. The van der Waals surface area contributed by atoms with Crippen LogP contribution in [0.25, 0.3) is 11.2 Å². The van der Waals surface area contributed by atoms with Gasteiger partial charge in [0.25, 0.3) is 5.56 Å². The maximum Gasteiger partial charge on any atom is 0.332 e. The molecule has 0 saturated carbocycles. The topological polar surface area (TPSA) is 94.1 Å². The molecule has 0 fully saturated rings. The number of nitrogens with one attached hydrogen (secondary N) is 1. The minimum absolute atomic E-state index is 0.250. The maximum absolute atomic E-state index is 12.7. The standard InChI is InChI=1S/C17H20ClN5O3/c1-10(24)8-19-16-20-14-13(15(25)22(3)17(26)21(14)2)23(16)9-11-6-4-5-7-12(11)18/h4-7,10,24H,8-9H2,1-3H3,(H,19,20)/t10-/m1/s1. The van der Waals surface area contributed by atoms with Crippen molar-refractivity contribution in [3.8, 4) is 0 Å². The van der Waals surface area contributed by atoms with E-state index in [1.54, 1.807) is 24.6 Å². The number of benzene rings is 1. The van der Waals surface area contributed by atoms with E-state index in [9.17, 15) is 14.7 Å². The summed E-state index contributed by atoms with van der Waals surface area (Å²) in [6, 6.07) is 7.32. The van der Waals surface area contributed by atoms with Gasteiger partial charge in [0, 0.05) is 25.7 Å². The van der Waals surface area contributed by atoms with Crippen LogP contribution in [-0.2, 0) is 20.6 Å². The van der Waals surface area contributed by atoms with Gasteiger partial charge in [-0.25, -0.2) is 4.79 Å². The average molecular weight is 378 g/mol. The normalized spacial score (nSPS) is 12.5. The molecule has 2 N–H and O–H groups in total. The summed E-state index contributed by atoms with van der Waals surface area (Å²) < 4.78 is 4.06. The Bertz CT molecular complexity index is 1080. The Morgan fingerprint density at radius 2 is 1.92 bits per heavy atom. The van der Waals surface area contributed by atoms with Crippen LogP contribution in [0.5, 0.6) is 0 Å². The highest BCUT2D eigenvalue weighted by Crippen LogP contribution is 2.22. The lowest BCUT2D eigenvalue weighted by atomic mass is 10.2. The number of aryl methyl sites for hydroxylation is 1. The first-order valence-electron chi connectivity index (χ1n) is 8.12. The minimum atomic E-state index is -0.602. The molecule has 1 atom stereocenters. The molecule has 1 aromatic carbocycles. The first-order chi connectivity index (χ1) is 12.3. The van der Waals surface area contributed by atoms with Crippen LogP contribution in [0, 0.1) is 0 Å². The van der Waals surface area contributed by atoms with E-state index in [-0.39, 0.29) is 12.2 Å². The number of halogens is 1. The predicted molar refractivity (Wildman–Crippen MR) is 101 cm³/mol. The predicted octanol–water partition coefficient (Wildman–Crippen LogP) is 0.928. The number of aliphatic hydroxyl groups is 1. The van der Waals surface area contributed by atoms with Gasteiger partial charge in [0.15, 0.2) is 11.2 Å². The van der Waals surface area contributed by atoms with Crippen molar-refractivity contribution in [3.05, 3.63) is 55.7 Å². The van der Waals surface area contributed by atoms with Crippen LogP contribution in [0.1, 0.15) is 12.5 Å². The first-order valence-corrected chi connectivity index (χ1v) is 8.50. The number of hydrogen-bond donors (Lipinski definition) is 2. The molecule has 0 radical (unpaired) electrons. The third-order valence-corrected chi connectivity index (χ3v) is 4.56. The lowest BCUT2D eigenvalue weighted by molar-refractivity contribution is 0.208. The fraction of sp³-hybridized carbons (Fsp3) is 0.353. The highest BCUT2D eigenvalue weighted by molar-refractivity contribution is 6.31. The first kappa shape index (κ1) is 18.2. The molecule has 9 heteroatoms. The van der Waals surface area contributed by atoms with Crippen molar-refractivity contribution in [1.82, 2.24) is 18.7 Å². The van der Waals surface area contributed by atoms with Gasteiger partial charge in [-0.05, 0) is 18.6 Å². The third kappa shape index (κ3) is 3.13. The van der Waals surface area contributed by atoms with E-state index in [1.165, 1.54) is 11.6 Å². The molecule has 0 aliphatic heterocycles. The van der Waals surface area contributed by atoms with Crippen molar-refractivity contribution < 1.29 is 5.11 Å². The summed E-state index contributed by atoms with van der Waals surface area (Å²) in [6.07, 6.45) is -0.602. The zero-order valence-electron chi connectivity index (χ0n) is 14.7. The summed E-state index contributed by atoms with van der Waals surface area (Å²) in [7, 11) is 3.00. The molecular weight excluding hydrogens is 358 g/mol. The Hall–Kier alpha value is -2.58. The second kappa shape index (κ2) is 6.97. The summed E-state index contributed by atoms with van der Waals surface area (Å²) in [4.78, 5) is 29.3. The fourth-order valence-electron chi connectivity index (χ4n) is 2.77. The highest BCUT2D eigenvalue weighted by Gasteiger charge is 2.20. The summed E-state index contributed by atoms with van der Waals surface area (Å²) in [5.74, 6) is 0.388. The summed E-state index contributed by atoms with van der Waals surface area (Å²) in [5, 5.41) is 13.2. The largest absolute Gasteiger partial charge is 0.392 e. The molecule has 2 heterocycles. The molecule has 8 nitrogen and oxygen atoms in total. The van der Waals surface area contributed by atoms with Crippen LogP contribution in [0.4, 0.5) is 5.95 Å². The zero-order valence-corrected chi connectivity index (χ0v) is 15.5. The zero-order chi connectivity index (χ0) is 19.0. The van der Waals surface area contributed by atoms with Gasteiger partial charge in [-0.1, -0.05) is 29.8 Å². The van der Waals surface area contributed by atoms with E-state index in [1.807, 2.05) is 18.2 Å². The molecule has 0 spiro atoms. The summed E-state index contributed by atoms with van der Waals surface area (Å²) >= 11 is 6.27. The van der Waals surface area contributed by atoms with Crippen molar-refractivity contribution in [2.24, 2.45) is 14.1 Å². The number of imidazole rings is 1. The second-order valence-corrected chi connectivity index (χ2v) is 6.63. The smallest absolute Gasteiger partial charge is 0.332 e. The molecular formula is C17H20ClN5O3. The van der Waals surface area contributed by atoms with E-state index in [4.69, 9.17) is 11.6 Å². The van der Waals surface area contributed by atoms with E-state index in [2.05, 4.69) is 10.3 Å². The van der Waals surface area contributed by atoms with Gasteiger partial charge in [0.1, 0.15) is 0 Å². The Labute approximate surface area is 154 Å². The van der Waals surface area contributed by atoms with Gasteiger partial charge in [-0.2, -0.15) is 4.98 Å². The van der Waals surface area contributed by atoms with Gasteiger partial charge < -0.3 is 10.4 Å². The van der Waals surface area contributed by atoms with Crippen LogP contribution in [0.3, 0.4) is 0 Å². The summed E-state index contributed by atoms with van der Waals surface area (Å²) in [6.45, 7) is 2.19. The van der Waals surface area contributed by atoms with E-state index in [0.29, 0.717) is 23.0 Å². The Kier molecular flexibility index (Phi) is 4.88. The number of aliphatic hydroxyl groups excluding tert-OH is 1. The van der Waals surface area contributed by atoms with Crippen LogP contribution in [0.2, 0.25) is 5.02 Å². The molecule has 3 aromatic rings. The van der Waals surface area contributed by atoms with Crippen LogP contribution in [0.15, 0.2) is 33.9 Å². The van der Waals surface area contributed by atoms with Crippen LogP contribution < -0.4 is 16.6 Å². The van der Waals surface area contributed by atoms with E-state index < -0.39 is 17.4 Å². The average Bonchev–Trinajstić information content (AvgIpc) is 2.97. The lowest BCUT2D eigenvalue weighted by Gasteiger charge is -2.12. The number of hydrogen-bond acceptors (Lipinski definition) is 5. The van der Waals surface area contributed by atoms with Crippen LogP contribution in [-0.4, -0.2) is 36.4 Å². The molecule has 2 aromatic heterocycles. The van der Waals surface area contributed by atoms with Crippen molar-refractivity contribution in [3.63, 3.8) is 0 Å². The molecule has 0 amide bonds. The monoisotopic (exact) mass is 377 g/mol. The molecule has 0 unspecified atom stereocenters. The van der Waals surface area contributed by atoms with Crippen molar-refractivity contribution >= 4 is 28.7 Å². The van der Waals surface area contributed by atoms with Gasteiger partial charge in [0.05, 0.1) is 12.6 Å². The molecule has 0 aliphatic rings. The second-order valence-electron chi connectivity index (χ2n) is 6.22. The number of rotatable bonds is 5. The number of nitrogens with zero attached hydrogens (tertiary/aromatic N) is 4. The minimum Gasteiger partial charge on any atom is -0.392 e. The van der Waals surface area contributed by atoms with Crippen LogP contribution >= 0.6 is 11.6 Å². The molecule has 3 rings (SSSR count). The Balaban J connectivity index is 2.26. The third-order valence-electron chi connectivity index (χ3n) is 4.19. The van der Waals surface area contributed by atoms with Crippen molar-refractivity contribution in [1.29, 1.82) is 0 Å². The van der Waals surface area contributed by atoms with Gasteiger partial charge in [-0.3, -0.25) is 18.5 Å². The van der Waals surface area contributed by atoms with Crippen molar-refractivity contribution in [2.45, 2.75) is 19.6 Å². The highest BCUT2D eigenvalue weighted by atomic mass is 35.5. The number of aromatic nitrogens is 4. The SMILES string of the molecule is C[C@@H](O)CNc1nc2c(c(=O)n(C)c(=O)n2C)n1Cc1ccccc1Cl. The molecule has 26 heavy (non-hydrogen) atoms. The summed E-state index contributed by atoms with van der Waals surface area (Å²) in [5.41, 5.74) is 0.491. The lowest BCUT2D eigenvalue weighted by Crippen LogP contribution is -2.37. The Morgan fingerprint density at radius 1 is 1.23 bits per heavy atom. The molecule has 0 saturated heterocycles. The molecule has 0 aliphatic carbocycles. The van der Waals surface area contributed by atoms with Gasteiger partial charge in [0.2, 0.25) is 5.95 Å². The number of fused-ring (bicyclic) bond motifs is 1. The Morgan fingerprint density at radius 3 is 2.58 bits per heavy atom. The van der Waals surface area contributed by atoms with Crippen molar-refractivity contribution in [2.75, 3.05) is 11.9 Å². The maximum atomic E-state index is 12.7. The van der Waals surface area contributed by atoms with E-state index in [0.717, 1.165) is 10.1 Å². The quantitative estimate of drug-likeness (QED) is 0.689. The van der Waals surface area contributed by atoms with Gasteiger partial charge in [-0.15, -0.1) is 0 Å². The fourth-order valence-corrected chi connectivity index (χ4v) is 2.97. The van der Waals surface area contributed by atoms with Gasteiger partial charge >= 0.3 is 5.69 Å².